The summed E-state index contributed by atoms with van der Waals surface area (Å²) in [5.74, 6) is 0. The van der Waals surface area contributed by atoms with Crippen LogP contribution < -0.4 is 5.48 Å². The molecule has 5 nitrogen and oxygen atoms in total. The van der Waals surface area contributed by atoms with Gasteiger partial charge in [-0.2, -0.15) is 0 Å². The molecule has 0 saturated heterocycles. The van der Waals surface area contributed by atoms with Crippen molar-refractivity contribution in [2.75, 3.05) is 6.54 Å². The fraction of sp³-hybridized carbons (Fsp3) is 0.133. The summed E-state index contributed by atoms with van der Waals surface area (Å²) in [4.78, 5) is 11.0. The summed E-state index contributed by atoms with van der Waals surface area (Å²) >= 11 is 1.73. The Bertz CT molecular complexity index is 800. The first-order chi connectivity index (χ1) is 10.2. The number of rotatable bonds is 3. The first-order valence-corrected chi connectivity index (χ1v) is 7.31. The van der Waals surface area contributed by atoms with Crippen LogP contribution >= 0.6 is 11.3 Å². The smallest absolute Gasteiger partial charge is 0.287 e. The molecular weight excluding hydrogens is 288 g/mol. The maximum atomic E-state index is 11.0. The molecule has 1 heterocycles. The van der Waals surface area contributed by atoms with E-state index in [9.17, 15) is 10.0 Å². The number of fused-ring (bicyclic) bond motifs is 3. The number of hydrogen-bond acceptors (Lipinski definition) is 4. The van der Waals surface area contributed by atoms with Crippen LogP contribution in [0.2, 0.25) is 0 Å². The Hall–Kier alpha value is -2.15. The van der Waals surface area contributed by atoms with Crippen molar-refractivity contribution in [1.82, 2.24) is 10.5 Å². The average molecular weight is 302 g/mol. The Balaban J connectivity index is 1.84. The lowest BCUT2D eigenvalue weighted by molar-refractivity contribution is -0.0542. The third-order valence-electron chi connectivity index (χ3n) is 3.39. The number of nitrogens with zero attached hydrogens (tertiary/aromatic N) is 1. The molecule has 108 valence electrons. The number of carbonyl (C=O) groups is 1. The minimum Gasteiger partial charge on any atom is -0.287 e. The molecule has 3 N–H and O–H groups in total. The second-order valence-electron chi connectivity index (χ2n) is 4.72. The first-order valence-electron chi connectivity index (χ1n) is 6.49. The molecule has 0 fully saturated rings. The van der Waals surface area contributed by atoms with E-state index in [1.165, 1.54) is 25.7 Å². The van der Waals surface area contributed by atoms with Gasteiger partial charge >= 0.3 is 6.03 Å². The van der Waals surface area contributed by atoms with Crippen molar-refractivity contribution in [3.05, 3.63) is 48.0 Å². The highest BCUT2D eigenvalue weighted by molar-refractivity contribution is 7.25. The van der Waals surface area contributed by atoms with E-state index in [4.69, 9.17) is 5.21 Å². The number of hydrogen-bond donors (Lipinski definition) is 3. The van der Waals surface area contributed by atoms with Crippen LogP contribution in [-0.2, 0) is 6.42 Å². The molecule has 0 aliphatic heterocycles. The van der Waals surface area contributed by atoms with Crippen LogP contribution in [0.25, 0.3) is 20.2 Å². The van der Waals surface area contributed by atoms with Crippen LogP contribution in [0.15, 0.2) is 42.5 Å². The van der Waals surface area contributed by atoms with Crippen LogP contribution in [0.3, 0.4) is 0 Å². The van der Waals surface area contributed by atoms with Gasteiger partial charge in [-0.05, 0) is 24.1 Å². The SMILES string of the molecule is O=C(NO)N(O)CCc1ccc2c(c1)sc1ccccc12. The Kier molecular flexibility index (Phi) is 3.74. The summed E-state index contributed by atoms with van der Waals surface area (Å²) in [7, 11) is 0. The number of thiophene rings is 1. The van der Waals surface area contributed by atoms with Crippen LogP contribution in [0.4, 0.5) is 4.79 Å². The molecule has 0 atom stereocenters. The monoisotopic (exact) mass is 302 g/mol. The fourth-order valence-electron chi connectivity index (χ4n) is 2.32. The summed E-state index contributed by atoms with van der Waals surface area (Å²) in [6, 6.07) is 13.5. The van der Waals surface area contributed by atoms with Crippen molar-refractivity contribution in [3.8, 4) is 0 Å². The highest BCUT2D eigenvalue weighted by Crippen LogP contribution is 2.34. The minimum atomic E-state index is -0.932. The molecule has 0 spiro atoms. The van der Waals surface area contributed by atoms with Gasteiger partial charge in [0, 0.05) is 20.2 Å². The van der Waals surface area contributed by atoms with Gasteiger partial charge in [0.2, 0.25) is 0 Å². The second kappa shape index (κ2) is 5.69. The molecular formula is C15H14N2O3S. The number of carbonyl (C=O) groups excluding carboxylic acids is 1. The second-order valence-corrected chi connectivity index (χ2v) is 5.80. The van der Waals surface area contributed by atoms with Gasteiger partial charge in [0.1, 0.15) is 0 Å². The number of nitrogens with one attached hydrogen (secondary N) is 1. The van der Waals surface area contributed by atoms with Crippen LogP contribution in [0.5, 0.6) is 0 Å². The van der Waals surface area contributed by atoms with E-state index in [0.29, 0.717) is 11.5 Å². The molecule has 0 unspecified atom stereocenters. The molecule has 2 amide bonds. The van der Waals surface area contributed by atoms with E-state index in [-0.39, 0.29) is 6.54 Å². The number of benzene rings is 2. The lowest BCUT2D eigenvalue weighted by Crippen LogP contribution is -2.37. The molecule has 3 aromatic rings. The number of amides is 2. The van der Waals surface area contributed by atoms with Crippen LogP contribution in [0, 0.1) is 0 Å². The quantitative estimate of drug-likeness (QED) is 0.513. The summed E-state index contributed by atoms with van der Waals surface area (Å²) in [5.41, 5.74) is 2.41. The third kappa shape index (κ3) is 2.69. The topological polar surface area (TPSA) is 72.8 Å². The molecule has 0 aliphatic rings. The van der Waals surface area contributed by atoms with E-state index >= 15 is 0 Å². The predicted molar refractivity (Wildman–Crippen MR) is 81.8 cm³/mol. The summed E-state index contributed by atoms with van der Waals surface area (Å²) in [6.07, 6.45) is 0.508. The maximum absolute atomic E-state index is 11.0. The van der Waals surface area contributed by atoms with E-state index in [1.54, 1.807) is 11.3 Å². The first kappa shape index (κ1) is 13.8. The average Bonchev–Trinajstić information content (AvgIpc) is 2.89. The summed E-state index contributed by atoms with van der Waals surface area (Å²) < 4.78 is 2.43. The van der Waals surface area contributed by atoms with Crippen molar-refractivity contribution in [1.29, 1.82) is 0 Å². The standard InChI is InChI=1S/C15H14N2O3S/c18-15(16-19)17(20)8-7-10-5-6-12-11-3-1-2-4-13(11)21-14(12)9-10/h1-6,9,19-20H,7-8H2,(H,16,18). The number of hydroxylamine groups is 3. The Labute approximate surface area is 124 Å². The van der Waals surface area contributed by atoms with Gasteiger partial charge in [0.25, 0.3) is 0 Å². The molecule has 3 rings (SSSR count). The van der Waals surface area contributed by atoms with Gasteiger partial charge in [0.05, 0.1) is 6.54 Å². The van der Waals surface area contributed by atoms with Crippen molar-refractivity contribution in [3.63, 3.8) is 0 Å². The largest absolute Gasteiger partial charge is 0.364 e. The van der Waals surface area contributed by atoms with Crippen LogP contribution in [0.1, 0.15) is 5.56 Å². The zero-order valence-corrected chi connectivity index (χ0v) is 11.9. The normalized spacial score (nSPS) is 11.0. The van der Waals surface area contributed by atoms with Crippen molar-refractivity contribution in [2.45, 2.75) is 6.42 Å². The van der Waals surface area contributed by atoms with Gasteiger partial charge in [0.15, 0.2) is 0 Å². The number of urea groups is 1. The van der Waals surface area contributed by atoms with E-state index in [0.717, 1.165) is 5.56 Å². The lowest BCUT2D eigenvalue weighted by Gasteiger charge is -2.13. The molecule has 0 saturated carbocycles. The van der Waals surface area contributed by atoms with E-state index in [2.05, 4.69) is 24.3 Å². The van der Waals surface area contributed by atoms with Crippen molar-refractivity contribution in [2.24, 2.45) is 0 Å². The third-order valence-corrected chi connectivity index (χ3v) is 4.52. The van der Waals surface area contributed by atoms with E-state index < -0.39 is 6.03 Å². The predicted octanol–water partition coefficient (Wildman–Crippen LogP) is 3.39. The van der Waals surface area contributed by atoms with Gasteiger partial charge < -0.3 is 0 Å². The van der Waals surface area contributed by atoms with Gasteiger partial charge in [-0.1, -0.05) is 30.3 Å². The van der Waals surface area contributed by atoms with Gasteiger partial charge in [-0.25, -0.2) is 15.3 Å². The summed E-state index contributed by atoms with van der Waals surface area (Å²) in [5, 5.41) is 20.7. The van der Waals surface area contributed by atoms with Crippen LogP contribution in [-0.4, -0.2) is 28.1 Å². The van der Waals surface area contributed by atoms with Crippen molar-refractivity contribution < 1.29 is 15.2 Å². The molecule has 6 heteroatoms. The molecule has 1 aromatic heterocycles. The minimum absolute atomic E-state index is 0.114. The Morgan fingerprint density at radius 2 is 1.90 bits per heavy atom. The summed E-state index contributed by atoms with van der Waals surface area (Å²) in [6.45, 7) is 0.114. The van der Waals surface area contributed by atoms with E-state index in [1.807, 2.05) is 18.2 Å². The zero-order valence-electron chi connectivity index (χ0n) is 11.1. The van der Waals surface area contributed by atoms with Crippen molar-refractivity contribution >= 4 is 37.5 Å². The molecule has 0 bridgehead atoms. The van der Waals surface area contributed by atoms with Gasteiger partial charge in [-0.15, -0.1) is 11.3 Å². The fourth-order valence-corrected chi connectivity index (χ4v) is 3.49. The maximum Gasteiger partial charge on any atom is 0.364 e. The Morgan fingerprint density at radius 3 is 2.71 bits per heavy atom. The molecule has 2 aromatic carbocycles. The molecule has 0 radical (unpaired) electrons. The molecule has 0 aliphatic carbocycles. The highest BCUT2D eigenvalue weighted by atomic mass is 32.1. The Morgan fingerprint density at radius 1 is 1.14 bits per heavy atom. The zero-order chi connectivity index (χ0) is 14.8. The lowest BCUT2D eigenvalue weighted by atomic mass is 10.1. The van der Waals surface area contributed by atoms with Gasteiger partial charge in [-0.3, -0.25) is 10.4 Å². The highest BCUT2D eigenvalue weighted by Gasteiger charge is 2.10. The molecule has 21 heavy (non-hydrogen) atoms.